The van der Waals surface area contributed by atoms with Crippen LogP contribution in [0.3, 0.4) is 0 Å². The van der Waals surface area contributed by atoms with E-state index in [1.54, 1.807) is 19.1 Å². The molecule has 2 aromatic carbocycles. The Morgan fingerprint density at radius 2 is 1.54 bits per heavy atom. The predicted molar refractivity (Wildman–Crippen MR) is 103 cm³/mol. The highest BCUT2D eigenvalue weighted by Crippen LogP contribution is 2.16. The van der Waals surface area contributed by atoms with Crippen LogP contribution in [0.5, 0.6) is 5.75 Å². The van der Waals surface area contributed by atoms with Crippen molar-refractivity contribution in [3.8, 4) is 5.75 Å². The highest BCUT2D eigenvalue weighted by atomic mass is 16.6. The molecule has 1 amide bonds. The monoisotopic (exact) mass is 385 g/mol. The molecule has 0 saturated carbocycles. The van der Waals surface area contributed by atoms with Crippen LogP contribution in [0.4, 0.5) is 5.69 Å². The second-order valence-electron chi connectivity index (χ2n) is 6.12. The van der Waals surface area contributed by atoms with Crippen LogP contribution in [-0.4, -0.2) is 37.7 Å². The number of carbonyl (C=O) groups excluding carboxylic acids is 3. The highest BCUT2D eigenvalue weighted by Gasteiger charge is 2.10. The molecule has 28 heavy (non-hydrogen) atoms. The molecule has 0 aromatic heterocycles. The summed E-state index contributed by atoms with van der Waals surface area (Å²) in [5.74, 6) is -1.01. The number of ether oxygens (including phenoxy) is 3. The first-order valence-corrected chi connectivity index (χ1v) is 8.81. The van der Waals surface area contributed by atoms with E-state index in [9.17, 15) is 14.4 Å². The Morgan fingerprint density at radius 1 is 0.893 bits per heavy atom. The zero-order valence-electron chi connectivity index (χ0n) is 16.1. The summed E-state index contributed by atoms with van der Waals surface area (Å²) in [6, 6.07) is 11.8. The van der Waals surface area contributed by atoms with Gasteiger partial charge >= 0.3 is 11.9 Å². The average Bonchev–Trinajstić information content (AvgIpc) is 2.65. The first kappa shape index (κ1) is 21.0. The number of benzene rings is 2. The van der Waals surface area contributed by atoms with Crippen molar-refractivity contribution in [1.29, 1.82) is 0 Å². The fourth-order valence-electron chi connectivity index (χ4n) is 2.45. The van der Waals surface area contributed by atoms with Crippen molar-refractivity contribution in [1.82, 2.24) is 0 Å². The third-order valence-corrected chi connectivity index (χ3v) is 3.60. The van der Waals surface area contributed by atoms with Crippen LogP contribution in [0.25, 0.3) is 0 Å². The summed E-state index contributed by atoms with van der Waals surface area (Å²) in [4.78, 5) is 35.2. The Labute approximate surface area is 163 Å². The van der Waals surface area contributed by atoms with Gasteiger partial charge in [0.05, 0.1) is 12.2 Å². The third kappa shape index (κ3) is 6.75. The van der Waals surface area contributed by atoms with E-state index in [1.807, 2.05) is 32.0 Å². The summed E-state index contributed by atoms with van der Waals surface area (Å²) in [6.07, 6.45) is 0. The summed E-state index contributed by atoms with van der Waals surface area (Å²) >= 11 is 0. The van der Waals surface area contributed by atoms with Gasteiger partial charge in [0, 0.05) is 5.69 Å². The van der Waals surface area contributed by atoms with Crippen molar-refractivity contribution in [2.45, 2.75) is 20.8 Å². The minimum absolute atomic E-state index is 0.287. The van der Waals surface area contributed by atoms with E-state index in [0.29, 0.717) is 17.0 Å². The molecular weight excluding hydrogens is 362 g/mol. The van der Waals surface area contributed by atoms with Crippen LogP contribution in [0.15, 0.2) is 42.5 Å². The molecule has 148 valence electrons. The summed E-state index contributed by atoms with van der Waals surface area (Å²) in [5, 5.41) is 2.58. The fourth-order valence-corrected chi connectivity index (χ4v) is 2.45. The molecule has 0 aliphatic rings. The maximum Gasteiger partial charge on any atom is 0.344 e. The molecule has 0 aliphatic carbocycles. The topological polar surface area (TPSA) is 90.9 Å². The van der Waals surface area contributed by atoms with Crippen LogP contribution < -0.4 is 10.1 Å². The molecule has 0 heterocycles. The highest BCUT2D eigenvalue weighted by molar-refractivity contribution is 5.94. The molecule has 0 fully saturated rings. The Balaban J connectivity index is 1.75. The van der Waals surface area contributed by atoms with Crippen molar-refractivity contribution in [2.75, 3.05) is 25.1 Å². The van der Waals surface area contributed by atoms with Crippen LogP contribution in [0, 0.1) is 13.8 Å². The second-order valence-corrected chi connectivity index (χ2v) is 6.12. The van der Waals surface area contributed by atoms with Gasteiger partial charge in [-0.3, -0.25) is 4.79 Å². The molecule has 0 unspecified atom stereocenters. The van der Waals surface area contributed by atoms with E-state index < -0.39 is 24.5 Å². The smallest absolute Gasteiger partial charge is 0.344 e. The Morgan fingerprint density at radius 3 is 2.14 bits per heavy atom. The molecule has 1 N–H and O–H groups in total. The molecule has 2 aromatic rings. The minimum atomic E-state index is -0.646. The van der Waals surface area contributed by atoms with Gasteiger partial charge in [-0.15, -0.1) is 0 Å². The molecule has 0 radical (unpaired) electrons. The third-order valence-electron chi connectivity index (χ3n) is 3.60. The normalized spacial score (nSPS) is 10.1. The number of hydrogen-bond donors (Lipinski definition) is 1. The number of amides is 1. The van der Waals surface area contributed by atoms with Gasteiger partial charge in [0.2, 0.25) is 0 Å². The summed E-state index contributed by atoms with van der Waals surface area (Å²) in [6.45, 7) is 5.15. The molecular formula is C21H23NO6. The van der Waals surface area contributed by atoms with Crippen molar-refractivity contribution >= 4 is 23.5 Å². The number of rotatable bonds is 8. The predicted octanol–water partition coefficient (Wildman–Crippen LogP) is 3.04. The molecule has 0 atom stereocenters. The Hall–Kier alpha value is -3.35. The van der Waals surface area contributed by atoms with Crippen molar-refractivity contribution in [3.05, 3.63) is 59.2 Å². The summed E-state index contributed by atoms with van der Waals surface area (Å²) in [5.41, 5.74) is 2.91. The van der Waals surface area contributed by atoms with Crippen molar-refractivity contribution < 1.29 is 28.6 Å². The summed E-state index contributed by atoms with van der Waals surface area (Å²) < 4.78 is 15.2. The average molecular weight is 385 g/mol. The molecule has 0 aliphatic heterocycles. The lowest BCUT2D eigenvalue weighted by Gasteiger charge is -2.09. The van der Waals surface area contributed by atoms with E-state index in [-0.39, 0.29) is 13.2 Å². The van der Waals surface area contributed by atoms with Gasteiger partial charge in [0.1, 0.15) is 5.75 Å². The van der Waals surface area contributed by atoms with E-state index in [2.05, 4.69) is 5.32 Å². The molecule has 7 nitrogen and oxygen atoms in total. The molecule has 0 saturated heterocycles. The SMILES string of the molecule is CCOC(=O)c1ccc(NC(=O)COC(=O)COc2cc(C)cc(C)c2)cc1. The van der Waals surface area contributed by atoms with Gasteiger partial charge in [-0.2, -0.15) is 0 Å². The van der Waals surface area contributed by atoms with Gasteiger partial charge in [0.15, 0.2) is 13.2 Å². The van der Waals surface area contributed by atoms with Gasteiger partial charge in [-0.1, -0.05) is 6.07 Å². The van der Waals surface area contributed by atoms with E-state index in [0.717, 1.165) is 11.1 Å². The number of aryl methyl sites for hydroxylation is 2. The maximum absolute atomic E-state index is 11.9. The minimum Gasteiger partial charge on any atom is -0.482 e. The van der Waals surface area contributed by atoms with E-state index in [1.165, 1.54) is 12.1 Å². The first-order valence-electron chi connectivity index (χ1n) is 8.81. The van der Waals surface area contributed by atoms with Gasteiger partial charge in [-0.25, -0.2) is 9.59 Å². The lowest BCUT2D eigenvalue weighted by Crippen LogP contribution is -2.23. The maximum atomic E-state index is 11.9. The van der Waals surface area contributed by atoms with E-state index in [4.69, 9.17) is 14.2 Å². The second kappa shape index (κ2) is 10.1. The quantitative estimate of drug-likeness (QED) is 0.703. The number of anilines is 1. The summed E-state index contributed by atoms with van der Waals surface area (Å²) in [7, 11) is 0. The standard InChI is InChI=1S/C21H23NO6/c1-4-26-21(25)16-5-7-17(8-6-16)22-19(23)12-28-20(24)13-27-18-10-14(2)9-15(3)11-18/h5-11H,4,12-13H2,1-3H3,(H,22,23). The zero-order chi connectivity index (χ0) is 20.5. The zero-order valence-corrected chi connectivity index (χ0v) is 16.1. The molecule has 0 spiro atoms. The van der Waals surface area contributed by atoms with Gasteiger partial charge in [0.25, 0.3) is 5.91 Å². The van der Waals surface area contributed by atoms with Gasteiger partial charge < -0.3 is 19.5 Å². The van der Waals surface area contributed by atoms with Crippen LogP contribution in [-0.2, 0) is 19.1 Å². The fraction of sp³-hybridized carbons (Fsp3) is 0.286. The number of hydrogen-bond acceptors (Lipinski definition) is 6. The van der Waals surface area contributed by atoms with Gasteiger partial charge in [-0.05, 0) is 68.3 Å². The Kier molecular flexibility index (Phi) is 7.56. The first-order chi connectivity index (χ1) is 13.4. The van der Waals surface area contributed by atoms with Crippen molar-refractivity contribution in [3.63, 3.8) is 0 Å². The van der Waals surface area contributed by atoms with Crippen molar-refractivity contribution in [2.24, 2.45) is 0 Å². The number of esters is 2. The molecule has 2 rings (SSSR count). The number of nitrogens with one attached hydrogen (secondary N) is 1. The Bertz CT molecular complexity index is 824. The lowest BCUT2D eigenvalue weighted by atomic mass is 10.1. The van der Waals surface area contributed by atoms with Crippen LogP contribution in [0.2, 0.25) is 0 Å². The van der Waals surface area contributed by atoms with E-state index >= 15 is 0 Å². The lowest BCUT2D eigenvalue weighted by molar-refractivity contribution is -0.149. The molecule has 7 heteroatoms. The van der Waals surface area contributed by atoms with Crippen LogP contribution in [0.1, 0.15) is 28.4 Å². The number of carbonyl (C=O) groups is 3. The van der Waals surface area contributed by atoms with Crippen LogP contribution >= 0.6 is 0 Å². The largest absolute Gasteiger partial charge is 0.482 e. The molecule has 0 bridgehead atoms.